The molecule has 1 saturated heterocycles. The average Bonchev–Trinajstić information content (AvgIpc) is 2.61. The lowest BCUT2D eigenvalue weighted by Gasteiger charge is -2.22. The van der Waals surface area contributed by atoms with E-state index in [0.717, 1.165) is 49.1 Å². The Bertz CT molecular complexity index is 496. The zero-order valence-corrected chi connectivity index (χ0v) is 18.0. The number of halogens is 2. The number of carbonyl (C=O) groups excluding carboxylic acids is 1. The molecule has 0 aromatic heterocycles. The van der Waals surface area contributed by atoms with Gasteiger partial charge in [-0.3, -0.25) is 4.79 Å². The third-order valence-electron chi connectivity index (χ3n) is 4.14. The van der Waals surface area contributed by atoms with E-state index in [1.54, 1.807) is 0 Å². The second-order valence-corrected chi connectivity index (χ2v) is 7.03. The normalized spacial score (nSPS) is 16.3. The van der Waals surface area contributed by atoms with E-state index in [0.29, 0.717) is 13.0 Å². The van der Waals surface area contributed by atoms with E-state index in [-0.39, 0.29) is 36.8 Å². The summed E-state index contributed by atoms with van der Waals surface area (Å²) in [5, 5.41) is 6.34. The molecule has 0 radical (unpaired) electrons. The number of anilines is 1. The van der Waals surface area contributed by atoms with E-state index >= 15 is 0 Å². The quantitative estimate of drug-likeness (QED) is 0.637. The fraction of sp³-hybridized carbons (Fsp3) is 0.611. The Labute approximate surface area is 173 Å². The van der Waals surface area contributed by atoms with Crippen molar-refractivity contribution in [3.05, 3.63) is 24.3 Å². The van der Waals surface area contributed by atoms with Gasteiger partial charge in [-0.2, -0.15) is 11.8 Å². The zero-order valence-electron chi connectivity index (χ0n) is 15.5. The molecule has 150 valence electrons. The molecule has 0 spiro atoms. The minimum atomic E-state index is 0. The van der Waals surface area contributed by atoms with Gasteiger partial charge in [0.1, 0.15) is 12.4 Å². The highest BCUT2D eigenvalue weighted by Crippen LogP contribution is 2.17. The van der Waals surface area contributed by atoms with E-state index in [1.165, 1.54) is 0 Å². The number of nitrogens with one attached hydrogen (secondary N) is 2. The number of rotatable bonds is 9. The van der Waals surface area contributed by atoms with Gasteiger partial charge in [0.15, 0.2) is 0 Å². The van der Waals surface area contributed by atoms with E-state index in [2.05, 4.69) is 29.4 Å². The van der Waals surface area contributed by atoms with Gasteiger partial charge in [0, 0.05) is 42.7 Å². The highest BCUT2D eigenvalue weighted by molar-refractivity contribution is 7.99. The Morgan fingerprint density at radius 1 is 1.27 bits per heavy atom. The van der Waals surface area contributed by atoms with Crippen LogP contribution in [0.3, 0.4) is 0 Å². The third kappa shape index (κ3) is 9.33. The van der Waals surface area contributed by atoms with Crippen molar-refractivity contribution < 1.29 is 9.53 Å². The molecule has 0 aliphatic carbocycles. The first-order valence-electron chi connectivity index (χ1n) is 8.77. The van der Waals surface area contributed by atoms with Crippen LogP contribution in [0.1, 0.15) is 20.3 Å². The van der Waals surface area contributed by atoms with Gasteiger partial charge < -0.3 is 20.3 Å². The molecular weight excluding hydrogens is 393 g/mol. The van der Waals surface area contributed by atoms with Gasteiger partial charge in [-0.1, -0.05) is 13.8 Å². The summed E-state index contributed by atoms with van der Waals surface area (Å²) in [6, 6.07) is 7.90. The minimum absolute atomic E-state index is 0. The topological polar surface area (TPSA) is 53.6 Å². The molecule has 1 aromatic rings. The number of carbonyl (C=O) groups is 1. The molecule has 1 heterocycles. The van der Waals surface area contributed by atoms with Gasteiger partial charge in [-0.25, -0.2) is 0 Å². The highest BCUT2D eigenvalue weighted by atomic mass is 35.5. The van der Waals surface area contributed by atoms with Gasteiger partial charge in [0.2, 0.25) is 5.91 Å². The molecule has 1 aromatic carbocycles. The predicted octanol–water partition coefficient (Wildman–Crippen LogP) is 3.28. The van der Waals surface area contributed by atoms with Crippen LogP contribution in [-0.2, 0) is 4.79 Å². The number of amides is 1. The summed E-state index contributed by atoms with van der Waals surface area (Å²) < 4.78 is 5.75. The smallest absolute Gasteiger partial charge is 0.225 e. The van der Waals surface area contributed by atoms with Gasteiger partial charge >= 0.3 is 0 Å². The fourth-order valence-electron chi connectivity index (χ4n) is 2.65. The van der Waals surface area contributed by atoms with Gasteiger partial charge in [0.25, 0.3) is 0 Å². The summed E-state index contributed by atoms with van der Waals surface area (Å²) in [7, 11) is 0. The van der Waals surface area contributed by atoms with Crippen molar-refractivity contribution in [2.75, 3.05) is 49.6 Å². The summed E-state index contributed by atoms with van der Waals surface area (Å²) in [4.78, 5) is 14.4. The zero-order chi connectivity index (χ0) is 17.2. The Morgan fingerprint density at radius 3 is 2.54 bits per heavy atom. The van der Waals surface area contributed by atoms with Gasteiger partial charge in [-0.05, 0) is 37.4 Å². The van der Waals surface area contributed by atoms with E-state index in [4.69, 9.17) is 4.74 Å². The molecular formula is C18H31Cl2N3O2S. The highest BCUT2D eigenvalue weighted by Gasteiger charge is 2.16. The Kier molecular flexibility index (Phi) is 14.0. The molecule has 5 nitrogen and oxygen atoms in total. The van der Waals surface area contributed by atoms with E-state index < -0.39 is 0 Å². The minimum Gasteiger partial charge on any atom is -0.492 e. The van der Waals surface area contributed by atoms with E-state index in [9.17, 15) is 4.79 Å². The molecule has 26 heavy (non-hydrogen) atoms. The molecule has 2 rings (SSSR count). The Hall–Kier alpha value is -0.660. The molecule has 1 aliphatic heterocycles. The number of nitrogens with zero attached hydrogens (tertiary/aromatic N) is 1. The van der Waals surface area contributed by atoms with Crippen molar-refractivity contribution in [3.8, 4) is 5.75 Å². The van der Waals surface area contributed by atoms with Crippen molar-refractivity contribution >= 4 is 48.2 Å². The molecule has 1 unspecified atom stereocenters. The van der Waals surface area contributed by atoms with Crippen molar-refractivity contribution in [1.82, 2.24) is 10.2 Å². The molecule has 1 amide bonds. The Balaban J connectivity index is 0.00000312. The molecule has 8 heteroatoms. The molecule has 1 atom stereocenters. The van der Waals surface area contributed by atoms with Crippen LogP contribution in [0, 0.1) is 0 Å². The van der Waals surface area contributed by atoms with Crippen LogP contribution < -0.4 is 15.4 Å². The largest absolute Gasteiger partial charge is 0.492 e. The summed E-state index contributed by atoms with van der Waals surface area (Å²) in [6.07, 6.45) is 0.523. The summed E-state index contributed by atoms with van der Waals surface area (Å²) >= 11 is 1.90. The van der Waals surface area contributed by atoms with Crippen LogP contribution in [0.15, 0.2) is 24.3 Å². The number of ether oxygens (including phenoxy) is 1. The number of hydrogen-bond acceptors (Lipinski definition) is 5. The number of thioether (sulfide) groups is 1. The molecule has 1 aliphatic rings. The third-order valence-corrected chi connectivity index (χ3v) is 5.27. The SMILES string of the molecule is CCN(CC)CCOc1ccc(NC(=O)CC2CSCCN2)cc1.Cl.Cl. The maximum atomic E-state index is 12.1. The van der Waals surface area contributed by atoms with Gasteiger partial charge in [0.05, 0.1) is 0 Å². The molecule has 1 fully saturated rings. The maximum Gasteiger partial charge on any atom is 0.225 e. The van der Waals surface area contributed by atoms with Crippen LogP contribution in [0.4, 0.5) is 5.69 Å². The first-order chi connectivity index (χ1) is 11.7. The lowest BCUT2D eigenvalue weighted by atomic mass is 10.2. The maximum absolute atomic E-state index is 12.1. The number of benzene rings is 1. The first kappa shape index (κ1) is 25.3. The second-order valence-electron chi connectivity index (χ2n) is 5.88. The summed E-state index contributed by atoms with van der Waals surface area (Å²) in [6.45, 7) is 8.99. The summed E-state index contributed by atoms with van der Waals surface area (Å²) in [5.74, 6) is 3.04. The molecule has 2 N–H and O–H groups in total. The fourth-order valence-corrected chi connectivity index (χ4v) is 3.60. The van der Waals surface area contributed by atoms with Crippen molar-refractivity contribution in [3.63, 3.8) is 0 Å². The predicted molar refractivity (Wildman–Crippen MR) is 117 cm³/mol. The number of likely N-dealkylation sites (N-methyl/N-ethyl adjacent to an activating group) is 1. The summed E-state index contributed by atoms with van der Waals surface area (Å²) in [5.41, 5.74) is 0.819. The standard InChI is InChI=1S/C18H29N3O2S.2ClH/c1-3-21(4-2)10-11-23-17-7-5-15(6-8-17)20-18(22)13-16-14-24-12-9-19-16;;/h5-8,16,19H,3-4,9-14H2,1-2H3,(H,20,22);2*1H. The van der Waals surface area contributed by atoms with Gasteiger partial charge in [-0.15, -0.1) is 24.8 Å². The van der Waals surface area contributed by atoms with Crippen molar-refractivity contribution in [2.45, 2.75) is 26.3 Å². The second kappa shape index (κ2) is 14.4. The van der Waals surface area contributed by atoms with Crippen molar-refractivity contribution in [2.24, 2.45) is 0 Å². The molecule has 0 saturated carbocycles. The van der Waals surface area contributed by atoms with Crippen molar-refractivity contribution in [1.29, 1.82) is 0 Å². The van der Waals surface area contributed by atoms with Crippen LogP contribution in [0.25, 0.3) is 0 Å². The number of hydrogen-bond donors (Lipinski definition) is 2. The molecule has 0 bridgehead atoms. The van der Waals surface area contributed by atoms with Crippen LogP contribution >= 0.6 is 36.6 Å². The Morgan fingerprint density at radius 2 is 1.96 bits per heavy atom. The van der Waals surface area contributed by atoms with Crippen LogP contribution in [0.5, 0.6) is 5.75 Å². The monoisotopic (exact) mass is 423 g/mol. The van der Waals surface area contributed by atoms with E-state index in [1.807, 2.05) is 36.0 Å². The lowest BCUT2D eigenvalue weighted by molar-refractivity contribution is -0.116. The van der Waals surface area contributed by atoms with Crippen LogP contribution in [-0.4, -0.2) is 61.1 Å². The first-order valence-corrected chi connectivity index (χ1v) is 9.93. The average molecular weight is 424 g/mol. The van der Waals surface area contributed by atoms with Crippen LogP contribution in [0.2, 0.25) is 0 Å². The lowest BCUT2D eigenvalue weighted by Crippen LogP contribution is -2.39.